The van der Waals surface area contributed by atoms with Gasteiger partial charge in [0.25, 0.3) is 5.91 Å². The summed E-state index contributed by atoms with van der Waals surface area (Å²) < 4.78 is 5.09. The van der Waals surface area contributed by atoms with Crippen molar-refractivity contribution in [3.63, 3.8) is 0 Å². The van der Waals surface area contributed by atoms with Crippen molar-refractivity contribution in [1.82, 2.24) is 20.5 Å². The van der Waals surface area contributed by atoms with Crippen LogP contribution in [-0.2, 0) is 6.42 Å². The van der Waals surface area contributed by atoms with Crippen molar-refractivity contribution in [2.45, 2.75) is 12.8 Å². The lowest BCUT2D eigenvalue weighted by Crippen LogP contribution is -2.24. The van der Waals surface area contributed by atoms with Gasteiger partial charge in [0.05, 0.1) is 12.8 Å². The fourth-order valence-electron chi connectivity index (χ4n) is 1.76. The van der Waals surface area contributed by atoms with Gasteiger partial charge in [-0.1, -0.05) is 0 Å². The number of hydrogen-bond acceptors (Lipinski definition) is 5. The standard InChI is InChI=1S/C13H17N5O2/c1-20-11-7-9(4-5-10(11)14)13(19)15-6-2-3-12-16-8-17-18-12/h4-5,7-8H,2-3,6,14H2,1H3,(H,15,19)(H,16,17,18). The van der Waals surface area contributed by atoms with Gasteiger partial charge in [0.1, 0.15) is 17.9 Å². The third-order valence-electron chi connectivity index (χ3n) is 2.84. The highest BCUT2D eigenvalue weighted by Gasteiger charge is 2.08. The number of nitrogens with one attached hydrogen (secondary N) is 2. The third-order valence-corrected chi connectivity index (χ3v) is 2.84. The van der Waals surface area contributed by atoms with E-state index in [4.69, 9.17) is 10.5 Å². The van der Waals surface area contributed by atoms with Crippen LogP contribution in [0, 0.1) is 0 Å². The molecule has 0 atom stereocenters. The Bertz CT molecular complexity index is 568. The number of anilines is 1. The van der Waals surface area contributed by atoms with Crippen molar-refractivity contribution in [2.75, 3.05) is 19.4 Å². The second-order valence-electron chi connectivity index (χ2n) is 4.25. The molecule has 1 amide bonds. The molecule has 0 aliphatic rings. The summed E-state index contributed by atoms with van der Waals surface area (Å²) in [5, 5.41) is 9.37. The molecule has 0 aliphatic carbocycles. The van der Waals surface area contributed by atoms with Gasteiger partial charge in [-0.3, -0.25) is 9.89 Å². The summed E-state index contributed by atoms with van der Waals surface area (Å²) in [6.45, 7) is 0.562. The zero-order chi connectivity index (χ0) is 14.4. The van der Waals surface area contributed by atoms with E-state index in [0.29, 0.717) is 23.5 Å². The molecule has 2 aromatic rings. The molecule has 0 saturated heterocycles. The Kier molecular flexibility index (Phi) is 4.54. The van der Waals surface area contributed by atoms with E-state index < -0.39 is 0 Å². The van der Waals surface area contributed by atoms with Crippen LogP contribution in [0.15, 0.2) is 24.5 Å². The molecule has 2 rings (SSSR count). The lowest BCUT2D eigenvalue weighted by Gasteiger charge is -2.08. The summed E-state index contributed by atoms with van der Waals surface area (Å²) in [4.78, 5) is 16.0. The number of aryl methyl sites for hydroxylation is 1. The molecule has 7 nitrogen and oxygen atoms in total. The quantitative estimate of drug-likeness (QED) is 0.533. The Morgan fingerprint density at radius 2 is 2.35 bits per heavy atom. The normalized spacial score (nSPS) is 10.2. The molecule has 0 aliphatic heterocycles. The van der Waals surface area contributed by atoms with Gasteiger partial charge in [0, 0.05) is 18.5 Å². The fraction of sp³-hybridized carbons (Fsp3) is 0.308. The minimum Gasteiger partial charge on any atom is -0.495 e. The molecule has 1 heterocycles. The zero-order valence-corrected chi connectivity index (χ0v) is 11.2. The Hall–Kier alpha value is -2.57. The number of aromatic nitrogens is 3. The second kappa shape index (κ2) is 6.55. The van der Waals surface area contributed by atoms with E-state index >= 15 is 0 Å². The van der Waals surface area contributed by atoms with Crippen LogP contribution in [0.5, 0.6) is 5.75 Å². The number of rotatable bonds is 6. The maximum absolute atomic E-state index is 11.9. The molecule has 7 heteroatoms. The van der Waals surface area contributed by atoms with Crippen LogP contribution in [0.2, 0.25) is 0 Å². The van der Waals surface area contributed by atoms with E-state index in [1.165, 1.54) is 13.4 Å². The molecule has 0 bridgehead atoms. The maximum atomic E-state index is 11.9. The van der Waals surface area contributed by atoms with Gasteiger partial charge in [0.15, 0.2) is 0 Å². The van der Waals surface area contributed by atoms with Crippen molar-refractivity contribution in [2.24, 2.45) is 0 Å². The first-order valence-electron chi connectivity index (χ1n) is 6.26. The van der Waals surface area contributed by atoms with Gasteiger partial charge >= 0.3 is 0 Å². The number of nitrogens with two attached hydrogens (primary N) is 1. The summed E-state index contributed by atoms with van der Waals surface area (Å²) in [5.41, 5.74) is 6.74. The monoisotopic (exact) mass is 275 g/mol. The molecule has 4 N–H and O–H groups in total. The summed E-state index contributed by atoms with van der Waals surface area (Å²) in [7, 11) is 1.52. The van der Waals surface area contributed by atoms with Gasteiger partial charge in [-0.05, 0) is 24.6 Å². The molecule has 0 spiro atoms. The Labute approximate surface area is 116 Å². The van der Waals surface area contributed by atoms with Crippen LogP contribution in [0.3, 0.4) is 0 Å². The third kappa shape index (κ3) is 3.47. The number of amides is 1. The van der Waals surface area contributed by atoms with E-state index in [9.17, 15) is 4.79 Å². The van der Waals surface area contributed by atoms with Gasteiger partial charge in [-0.2, -0.15) is 5.10 Å². The lowest BCUT2D eigenvalue weighted by atomic mass is 10.1. The molecule has 1 aromatic heterocycles. The van der Waals surface area contributed by atoms with Crippen LogP contribution in [0.1, 0.15) is 22.6 Å². The van der Waals surface area contributed by atoms with E-state index in [0.717, 1.165) is 18.7 Å². The van der Waals surface area contributed by atoms with Crippen LogP contribution >= 0.6 is 0 Å². The molecule has 1 aromatic carbocycles. The van der Waals surface area contributed by atoms with Crippen molar-refractivity contribution < 1.29 is 9.53 Å². The first-order chi connectivity index (χ1) is 9.70. The van der Waals surface area contributed by atoms with Gasteiger partial charge in [0.2, 0.25) is 0 Å². The molecular formula is C13H17N5O2. The fourth-order valence-corrected chi connectivity index (χ4v) is 1.76. The predicted molar refractivity (Wildman–Crippen MR) is 74.4 cm³/mol. The Balaban J connectivity index is 1.82. The number of nitrogens with zero attached hydrogens (tertiary/aromatic N) is 2. The highest BCUT2D eigenvalue weighted by atomic mass is 16.5. The van der Waals surface area contributed by atoms with Crippen molar-refractivity contribution >= 4 is 11.6 Å². The molecule has 0 saturated carbocycles. The van der Waals surface area contributed by atoms with Crippen molar-refractivity contribution in [1.29, 1.82) is 0 Å². The zero-order valence-electron chi connectivity index (χ0n) is 11.2. The summed E-state index contributed by atoms with van der Waals surface area (Å²) >= 11 is 0. The summed E-state index contributed by atoms with van der Waals surface area (Å²) in [6, 6.07) is 4.95. The molecule has 0 radical (unpaired) electrons. The number of carbonyl (C=O) groups is 1. The van der Waals surface area contributed by atoms with E-state index in [2.05, 4.69) is 20.5 Å². The average Bonchev–Trinajstić information content (AvgIpc) is 2.97. The largest absolute Gasteiger partial charge is 0.495 e. The van der Waals surface area contributed by atoms with Crippen LogP contribution in [-0.4, -0.2) is 34.7 Å². The minimum atomic E-state index is -0.152. The number of hydrogen-bond donors (Lipinski definition) is 3. The topological polar surface area (TPSA) is 106 Å². The number of carbonyl (C=O) groups excluding carboxylic acids is 1. The lowest BCUT2D eigenvalue weighted by molar-refractivity contribution is 0.0953. The summed E-state index contributed by atoms with van der Waals surface area (Å²) in [6.07, 6.45) is 2.99. The molecule has 0 unspecified atom stereocenters. The van der Waals surface area contributed by atoms with Gasteiger partial charge in [-0.25, -0.2) is 4.98 Å². The molecule has 0 fully saturated rings. The first-order valence-corrected chi connectivity index (χ1v) is 6.26. The van der Waals surface area contributed by atoms with Crippen molar-refractivity contribution in [3.8, 4) is 5.75 Å². The number of ether oxygens (including phenoxy) is 1. The van der Waals surface area contributed by atoms with Gasteiger partial charge < -0.3 is 15.8 Å². The number of aromatic amines is 1. The molecule has 106 valence electrons. The smallest absolute Gasteiger partial charge is 0.251 e. The number of methoxy groups -OCH3 is 1. The highest BCUT2D eigenvalue weighted by molar-refractivity contribution is 5.95. The van der Waals surface area contributed by atoms with Crippen LogP contribution < -0.4 is 15.8 Å². The summed E-state index contributed by atoms with van der Waals surface area (Å²) in [5.74, 6) is 1.16. The van der Waals surface area contributed by atoms with E-state index in [1.54, 1.807) is 18.2 Å². The Morgan fingerprint density at radius 1 is 1.50 bits per heavy atom. The molecular weight excluding hydrogens is 258 g/mol. The number of nitrogen functional groups attached to an aromatic ring is 1. The average molecular weight is 275 g/mol. The number of benzene rings is 1. The SMILES string of the molecule is COc1cc(C(=O)NCCCc2ncn[nH]2)ccc1N. The Morgan fingerprint density at radius 3 is 3.05 bits per heavy atom. The molecule has 20 heavy (non-hydrogen) atoms. The van der Waals surface area contributed by atoms with Crippen LogP contribution in [0.4, 0.5) is 5.69 Å². The minimum absolute atomic E-state index is 0.152. The van der Waals surface area contributed by atoms with Crippen molar-refractivity contribution in [3.05, 3.63) is 35.9 Å². The van der Waals surface area contributed by atoms with E-state index in [-0.39, 0.29) is 5.91 Å². The first kappa shape index (κ1) is 13.9. The van der Waals surface area contributed by atoms with Crippen LogP contribution in [0.25, 0.3) is 0 Å². The highest BCUT2D eigenvalue weighted by Crippen LogP contribution is 2.21. The van der Waals surface area contributed by atoms with Gasteiger partial charge in [-0.15, -0.1) is 0 Å². The maximum Gasteiger partial charge on any atom is 0.251 e. The second-order valence-corrected chi connectivity index (χ2v) is 4.25. The number of H-pyrrole nitrogens is 1. The van der Waals surface area contributed by atoms with E-state index in [1.807, 2.05) is 0 Å². The predicted octanol–water partition coefficient (Wildman–Crippen LogP) is 0.758.